The lowest BCUT2D eigenvalue weighted by Crippen LogP contribution is -2.13. The van der Waals surface area contributed by atoms with E-state index >= 15 is 0 Å². The molecule has 0 radical (unpaired) electrons. The number of benzene rings is 2. The van der Waals surface area contributed by atoms with Crippen LogP contribution in [0.25, 0.3) is 21.3 Å². The van der Waals surface area contributed by atoms with Gasteiger partial charge in [-0.1, -0.05) is 23.3 Å². The molecule has 8 nitrogen and oxygen atoms in total. The number of hydrogen-bond acceptors (Lipinski definition) is 4. The summed E-state index contributed by atoms with van der Waals surface area (Å²) in [5, 5.41) is 13.3. The molecular weight excluding hydrogens is 352 g/mol. The van der Waals surface area contributed by atoms with Gasteiger partial charge >= 0.3 is 0 Å². The minimum Gasteiger partial charge on any atom is -0.358 e. The summed E-state index contributed by atoms with van der Waals surface area (Å²) in [6, 6.07) is 11.6. The van der Waals surface area contributed by atoms with E-state index in [-0.39, 0.29) is 11.4 Å². The van der Waals surface area contributed by atoms with E-state index in [4.69, 9.17) is 5.53 Å². The molecule has 0 fully saturated rings. The first-order valence-corrected chi connectivity index (χ1v) is 9.08. The van der Waals surface area contributed by atoms with Crippen LogP contribution in [0.1, 0.15) is 16.7 Å². The molecule has 130 valence electrons. The molecule has 0 saturated heterocycles. The minimum absolute atomic E-state index is 0.0861. The number of aromatic amines is 1. The van der Waals surface area contributed by atoms with Crippen molar-refractivity contribution in [2.75, 3.05) is 4.72 Å². The number of aryl methyl sites for hydroxylation is 1. The topological polar surface area (TPSA) is 135 Å². The predicted molar refractivity (Wildman–Crippen MR) is 97.9 cm³/mol. The monoisotopic (exact) mass is 366 g/mol. The van der Waals surface area contributed by atoms with E-state index in [2.05, 4.69) is 25.8 Å². The largest absolute Gasteiger partial charge is 0.358 e. The summed E-state index contributed by atoms with van der Waals surface area (Å²) >= 11 is 0. The highest BCUT2D eigenvalue weighted by atomic mass is 32.2. The van der Waals surface area contributed by atoms with Crippen molar-refractivity contribution in [3.05, 3.63) is 69.7 Å². The average Bonchev–Trinajstić information content (AvgIpc) is 3.08. The van der Waals surface area contributed by atoms with E-state index in [1.807, 2.05) is 6.92 Å². The fourth-order valence-corrected chi connectivity index (χ4v) is 3.76. The van der Waals surface area contributed by atoms with Gasteiger partial charge in [0.2, 0.25) is 0 Å². The number of fused-ring (bicyclic) bond motifs is 1. The fourth-order valence-electron chi connectivity index (χ4n) is 2.68. The predicted octanol–water partition coefficient (Wildman–Crippen LogP) is 3.96. The molecule has 3 rings (SSSR count). The van der Waals surface area contributed by atoms with Crippen molar-refractivity contribution in [2.24, 2.45) is 5.11 Å². The Hall–Kier alpha value is -3.47. The molecule has 9 heteroatoms. The quantitative estimate of drug-likeness (QED) is 0.402. The molecule has 1 aromatic heterocycles. The number of anilines is 1. The third-order valence-corrected chi connectivity index (χ3v) is 5.34. The third-order valence-electron chi connectivity index (χ3n) is 3.96. The lowest BCUT2D eigenvalue weighted by Gasteiger charge is -2.10. The highest BCUT2D eigenvalue weighted by Crippen LogP contribution is 2.30. The van der Waals surface area contributed by atoms with Crippen molar-refractivity contribution in [1.82, 2.24) is 4.98 Å². The first-order chi connectivity index (χ1) is 12.5. The van der Waals surface area contributed by atoms with Crippen LogP contribution in [0.2, 0.25) is 0 Å². The lowest BCUT2D eigenvalue weighted by atomic mass is 10.1. The molecule has 0 aliphatic rings. The van der Waals surface area contributed by atoms with Crippen LogP contribution in [0.15, 0.2) is 52.6 Å². The van der Waals surface area contributed by atoms with Crippen LogP contribution < -0.4 is 4.72 Å². The SMILES string of the molecule is Cc1ccc(NS(=O)(=O)c2ccc(CN=[N+]=[N-])cc2)c2[nH]cc(C#N)c12. The Balaban J connectivity index is 1.96. The molecule has 2 N–H and O–H groups in total. The molecule has 26 heavy (non-hydrogen) atoms. The first kappa shape index (κ1) is 17.4. The Morgan fingerprint density at radius 2 is 2.00 bits per heavy atom. The second kappa shape index (κ2) is 6.80. The number of nitrogens with one attached hydrogen (secondary N) is 2. The van der Waals surface area contributed by atoms with Gasteiger partial charge in [0, 0.05) is 16.5 Å². The van der Waals surface area contributed by atoms with Crippen molar-refractivity contribution in [3.8, 4) is 6.07 Å². The van der Waals surface area contributed by atoms with Crippen molar-refractivity contribution < 1.29 is 8.42 Å². The Kier molecular flexibility index (Phi) is 4.54. The summed E-state index contributed by atoms with van der Waals surface area (Å²) in [5.74, 6) is 0. The molecule has 0 saturated carbocycles. The van der Waals surface area contributed by atoms with Gasteiger partial charge < -0.3 is 4.98 Å². The summed E-state index contributed by atoms with van der Waals surface area (Å²) in [5.41, 5.74) is 11.3. The van der Waals surface area contributed by atoms with Crippen LogP contribution >= 0.6 is 0 Å². The van der Waals surface area contributed by atoms with Gasteiger partial charge in [0.15, 0.2) is 0 Å². The second-order valence-electron chi connectivity index (χ2n) is 5.63. The maximum atomic E-state index is 12.7. The standard InChI is InChI=1S/C17H14N6O2S/c1-11-2-7-15(17-16(11)13(8-18)10-20-17)22-26(24,25)14-5-3-12(4-6-14)9-21-23-19/h2-7,10,20,22H,9H2,1H3. The molecule has 0 amide bonds. The molecule has 0 unspecified atom stereocenters. The number of H-pyrrole nitrogens is 1. The summed E-state index contributed by atoms with van der Waals surface area (Å²) < 4.78 is 27.9. The zero-order chi connectivity index (χ0) is 18.7. The molecule has 1 heterocycles. The third kappa shape index (κ3) is 3.19. The number of azide groups is 1. The smallest absolute Gasteiger partial charge is 0.261 e. The Bertz CT molecular complexity index is 1170. The maximum absolute atomic E-state index is 12.7. The molecule has 0 aliphatic carbocycles. The van der Waals surface area contributed by atoms with E-state index < -0.39 is 10.0 Å². The van der Waals surface area contributed by atoms with Crippen LogP contribution in [0.4, 0.5) is 5.69 Å². The number of nitrogens with zero attached hydrogens (tertiary/aromatic N) is 4. The lowest BCUT2D eigenvalue weighted by molar-refractivity contribution is 0.601. The van der Waals surface area contributed by atoms with E-state index in [1.54, 1.807) is 30.5 Å². The minimum atomic E-state index is -3.81. The van der Waals surface area contributed by atoms with Crippen molar-refractivity contribution in [2.45, 2.75) is 18.4 Å². The van der Waals surface area contributed by atoms with Gasteiger partial charge in [0.1, 0.15) is 6.07 Å². The highest BCUT2D eigenvalue weighted by molar-refractivity contribution is 7.92. The number of sulfonamides is 1. The maximum Gasteiger partial charge on any atom is 0.261 e. The van der Waals surface area contributed by atoms with Crippen LogP contribution in [0.3, 0.4) is 0 Å². The van der Waals surface area contributed by atoms with Crippen LogP contribution in [0, 0.1) is 18.3 Å². The zero-order valence-electron chi connectivity index (χ0n) is 13.8. The van der Waals surface area contributed by atoms with Gasteiger partial charge in [0.05, 0.1) is 28.2 Å². The van der Waals surface area contributed by atoms with Crippen molar-refractivity contribution >= 4 is 26.6 Å². The number of nitriles is 1. The van der Waals surface area contributed by atoms with Crippen LogP contribution in [-0.2, 0) is 16.6 Å². The van der Waals surface area contributed by atoms with Gasteiger partial charge in [-0.25, -0.2) is 8.42 Å². The molecule has 0 spiro atoms. The number of rotatable bonds is 5. The van der Waals surface area contributed by atoms with Crippen LogP contribution in [0.5, 0.6) is 0 Å². The summed E-state index contributed by atoms with van der Waals surface area (Å²) in [7, 11) is -3.81. The van der Waals surface area contributed by atoms with Gasteiger partial charge in [-0.05, 0) is 41.8 Å². The van der Waals surface area contributed by atoms with Gasteiger partial charge in [0.25, 0.3) is 10.0 Å². The zero-order valence-corrected chi connectivity index (χ0v) is 14.6. The molecular formula is C17H14N6O2S. The van der Waals surface area contributed by atoms with Gasteiger partial charge in [-0.15, -0.1) is 0 Å². The van der Waals surface area contributed by atoms with Crippen molar-refractivity contribution in [1.29, 1.82) is 5.26 Å². The Morgan fingerprint density at radius 3 is 2.65 bits per heavy atom. The van der Waals surface area contributed by atoms with Gasteiger partial charge in [-0.2, -0.15) is 5.26 Å². The van der Waals surface area contributed by atoms with Crippen molar-refractivity contribution in [3.63, 3.8) is 0 Å². The Labute approximate surface area is 149 Å². The average molecular weight is 366 g/mol. The van der Waals surface area contributed by atoms with E-state index in [0.717, 1.165) is 5.56 Å². The molecule has 3 aromatic rings. The number of aromatic nitrogens is 1. The van der Waals surface area contributed by atoms with E-state index in [0.29, 0.717) is 27.7 Å². The number of hydrogen-bond donors (Lipinski definition) is 2. The summed E-state index contributed by atoms with van der Waals surface area (Å²) in [4.78, 5) is 5.72. The molecule has 0 atom stereocenters. The highest BCUT2D eigenvalue weighted by Gasteiger charge is 2.17. The second-order valence-corrected chi connectivity index (χ2v) is 7.32. The molecule has 0 aliphatic heterocycles. The normalized spacial score (nSPS) is 10.9. The fraction of sp³-hybridized carbons (Fsp3) is 0.118. The first-order valence-electron chi connectivity index (χ1n) is 7.59. The van der Waals surface area contributed by atoms with E-state index in [1.165, 1.54) is 12.1 Å². The van der Waals surface area contributed by atoms with E-state index in [9.17, 15) is 13.7 Å². The summed E-state index contributed by atoms with van der Waals surface area (Å²) in [6.07, 6.45) is 1.56. The molecule has 0 bridgehead atoms. The summed E-state index contributed by atoms with van der Waals surface area (Å²) in [6.45, 7) is 2.01. The Morgan fingerprint density at radius 1 is 1.27 bits per heavy atom. The van der Waals surface area contributed by atoms with Crippen LogP contribution in [-0.4, -0.2) is 13.4 Å². The molecule has 2 aromatic carbocycles. The van der Waals surface area contributed by atoms with Gasteiger partial charge in [-0.3, -0.25) is 4.72 Å².